The van der Waals surface area contributed by atoms with Crippen molar-refractivity contribution >= 4 is 17.7 Å². The molecule has 0 saturated carbocycles. The Balaban J connectivity index is 3.90. The second kappa shape index (κ2) is 14.2. The lowest BCUT2D eigenvalue weighted by Gasteiger charge is -2.12. The van der Waals surface area contributed by atoms with Gasteiger partial charge in [-0.1, -0.05) is 58.3 Å². The van der Waals surface area contributed by atoms with E-state index in [9.17, 15) is 14.4 Å². The average Bonchev–Trinajstić information content (AvgIpc) is 2.56. The third-order valence-electron chi connectivity index (χ3n) is 4.00. The summed E-state index contributed by atoms with van der Waals surface area (Å²) in [7, 11) is 2.46. The van der Waals surface area contributed by atoms with Crippen molar-refractivity contribution in [2.75, 3.05) is 14.2 Å². The van der Waals surface area contributed by atoms with Gasteiger partial charge in [0.15, 0.2) is 0 Å². The van der Waals surface area contributed by atoms with Gasteiger partial charge in [-0.2, -0.15) is 0 Å². The van der Waals surface area contributed by atoms with Gasteiger partial charge in [0.25, 0.3) is 0 Å². The fraction of sp³-hybridized carbons (Fsp3) is 0.833. The molecule has 0 aromatic heterocycles. The standard InChI is InChI=1S/C18H32O5/c1-4-5-6-7-8-9-10-11-12-13-16(19)15(18(21)23-3)14-17(20)22-2/h15H,4-14H2,1-3H3. The molecule has 0 aromatic carbocycles. The summed E-state index contributed by atoms with van der Waals surface area (Å²) in [6, 6.07) is 0. The van der Waals surface area contributed by atoms with Crippen LogP contribution in [0.3, 0.4) is 0 Å². The lowest BCUT2D eigenvalue weighted by molar-refractivity contribution is -0.155. The first-order valence-corrected chi connectivity index (χ1v) is 8.74. The van der Waals surface area contributed by atoms with Crippen LogP contribution in [0.4, 0.5) is 0 Å². The fourth-order valence-corrected chi connectivity index (χ4v) is 2.50. The van der Waals surface area contributed by atoms with Crippen LogP contribution < -0.4 is 0 Å². The Labute approximate surface area is 140 Å². The summed E-state index contributed by atoms with van der Waals surface area (Å²) in [5.41, 5.74) is 0. The van der Waals surface area contributed by atoms with Crippen LogP contribution in [0.2, 0.25) is 0 Å². The average molecular weight is 328 g/mol. The number of hydrogen-bond acceptors (Lipinski definition) is 5. The lowest BCUT2D eigenvalue weighted by atomic mass is 9.95. The quantitative estimate of drug-likeness (QED) is 0.275. The van der Waals surface area contributed by atoms with Gasteiger partial charge in [-0.3, -0.25) is 14.4 Å². The van der Waals surface area contributed by atoms with Crippen molar-refractivity contribution in [2.45, 2.75) is 77.6 Å². The summed E-state index contributed by atoms with van der Waals surface area (Å²) < 4.78 is 9.13. The van der Waals surface area contributed by atoms with Gasteiger partial charge in [0.05, 0.1) is 20.6 Å². The van der Waals surface area contributed by atoms with Gasteiger partial charge in [-0.05, 0) is 6.42 Å². The van der Waals surface area contributed by atoms with Gasteiger partial charge >= 0.3 is 11.9 Å². The second-order valence-corrected chi connectivity index (χ2v) is 5.90. The molecular formula is C18H32O5. The largest absolute Gasteiger partial charge is 0.469 e. The van der Waals surface area contributed by atoms with E-state index in [2.05, 4.69) is 16.4 Å². The maximum atomic E-state index is 12.1. The number of ether oxygens (including phenoxy) is 2. The van der Waals surface area contributed by atoms with Crippen LogP contribution >= 0.6 is 0 Å². The molecule has 5 heteroatoms. The number of esters is 2. The van der Waals surface area contributed by atoms with Crippen molar-refractivity contribution in [3.8, 4) is 0 Å². The summed E-state index contributed by atoms with van der Waals surface area (Å²) in [5, 5.41) is 0. The number of carbonyl (C=O) groups excluding carboxylic acids is 3. The zero-order valence-corrected chi connectivity index (χ0v) is 14.9. The number of rotatable bonds is 14. The predicted molar refractivity (Wildman–Crippen MR) is 89.0 cm³/mol. The first-order valence-electron chi connectivity index (χ1n) is 8.74. The van der Waals surface area contributed by atoms with Gasteiger partial charge in [0.2, 0.25) is 0 Å². The molecule has 0 aliphatic carbocycles. The third kappa shape index (κ3) is 10.9. The Hall–Kier alpha value is -1.39. The van der Waals surface area contributed by atoms with Crippen molar-refractivity contribution in [3.05, 3.63) is 0 Å². The zero-order chi connectivity index (χ0) is 17.5. The van der Waals surface area contributed by atoms with Crippen LogP contribution in [0.25, 0.3) is 0 Å². The summed E-state index contributed by atoms with van der Waals surface area (Å²) in [5.74, 6) is -2.48. The Morgan fingerprint density at radius 3 is 1.78 bits per heavy atom. The molecule has 23 heavy (non-hydrogen) atoms. The van der Waals surface area contributed by atoms with Crippen molar-refractivity contribution in [1.82, 2.24) is 0 Å². The minimum absolute atomic E-state index is 0.231. The third-order valence-corrected chi connectivity index (χ3v) is 4.00. The molecule has 0 radical (unpaired) electrons. The van der Waals surface area contributed by atoms with Crippen LogP contribution in [0.5, 0.6) is 0 Å². The predicted octanol–water partition coefficient (Wildman–Crippen LogP) is 3.83. The molecule has 0 heterocycles. The molecule has 134 valence electrons. The lowest BCUT2D eigenvalue weighted by Crippen LogP contribution is -2.28. The van der Waals surface area contributed by atoms with Gasteiger partial charge in [0, 0.05) is 6.42 Å². The molecule has 0 amide bonds. The molecule has 1 unspecified atom stereocenters. The van der Waals surface area contributed by atoms with Gasteiger partial charge in [-0.25, -0.2) is 0 Å². The Morgan fingerprint density at radius 1 is 0.783 bits per heavy atom. The molecule has 0 saturated heterocycles. The molecule has 0 aromatic rings. The summed E-state index contributed by atoms with van der Waals surface area (Å²) in [4.78, 5) is 35.0. The van der Waals surface area contributed by atoms with E-state index < -0.39 is 17.9 Å². The van der Waals surface area contributed by atoms with E-state index in [0.717, 1.165) is 19.3 Å². The smallest absolute Gasteiger partial charge is 0.316 e. The van der Waals surface area contributed by atoms with Crippen LogP contribution in [-0.4, -0.2) is 31.9 Å². The van der Waals surface area contributed by atoms with Gasteiger partial charge in [-0.15, -0.1) is 0 Å². The van der Waals surface area contributed by atoms with Crippen molar-refractivity contribution in [2.24, 2.45) is 5.92 Å². The van der Waals surface area contributed by atoms with Gasteiger partial charge in [0.1, 0.15) is 11.7 Å². The number of carbonyl (C=O) groups is 3. The molecule has 0 N–H and O–H groups in total. The Morgan fingerprint density at radius 2 is 1.30 bits per heavy atom. The topological polar surface area (TPSA) is 69.7 Å². The summed E-state index contributed by atoms with van der Waals surface area (Å²) in [6.07, 6.45) is 10.5. The first-order chi connectivity index (χ1) is 11.1. The highest BCUT2D eigenvalue weighted by atomic mass is 16.5. The molecule has 0 bridgehead atoms. The molecule has 1 atom stereocenters. The highest BCUT2D eigenvalue weighted by molar-refractivity contribution is 6.01. The molecule has 0 rings (SSSR count). The number of unbranched alkanes of at least 4 members (excludes halogenated alkanes) is 8. The SMILES string of the molecule is CCCCCCCCCCCC(=O)C(CC(=O)OC)C(=O)OC. The van der Waals surface area contributed by atoms with E-state index in [-0.39, 0.29) is 12.2 Å². The van der Waals surface area contributed by atoms with E-state index >= 15 is 0 Å². The molecule has 0 fully saturated rings. The molecule has 5 nitrogen and oxygen atoms in total. The van der Waals surface area contributed by atoms with E-state index in [4.69, 9.17) is 0 Å². The van der Waals surface area contributed by atoms with Crippen LogP contribution in [-0.2, 0) is 23.9 Å². The first kappa shape index (κ1) is 21.6. The maximum absolute atomic E-state index is 12.1. The Kier molecular flexibility index (Phi) is 13.4. The van der Waals surface area contributed by atoms with Crippen molar-refractivity contribution in [3.63, 3.8) is 0 Å². The van der Waals surface area contributed by atoms with E-state index in [1.54, 1.807) is 0 Å². The second-order valence-electron chi connectivity index (χ2n) is 5.90. The van der Waals surface area contributed by atoms with Gasteiger partial charge < -0.3 is 9.47 Å². The van der Waals surface area contributed by atoms with Crippen LogP contribution in [0, 0.1) is 5.92 Å². The fourth-order valence-electron chi connectivity index (χ4n) is 2.50. The van der Waals surface area contributed by atoms with E-state index in [1.807, 2.05) is 0 Å². The number of methoxy groups -OCH3 is 2. The number of Topliss-reactive ketones (excluding diaryl/α,β-unsaturated/α-hetero) is 1. The minimum atomic E-state index is -1.03. The Bertz CT molecular complexity index is 351. The van der Waals surface area contributed by atoms with Crippen molar-refractivity contribution < 1.29 is 23.9 Å². The minimum Gasteiger partial charge on any atom is -0.469 e. The molecule has 0 aliphatic rings. The highest BCUT2D eigenvalue weighted by Gasteiger charge is 2.29. The van der Waals surface area contributed by atoms with E-state index in [0.29, 0.717) is 6.42 Å². The molecule has 0 aliphatic heterocycles. The monoisotopic (exact) mass is 328 g/mol. The number of ketones is 1. The molecular weight excluding hydrogens is 296 g/mol. The maximum Gasteiger partial charge on any atom is 0.316 e. The van der Waals surface area contributed by atoms with Crippen LogP contribution in [0.1, 0.15) is 77.6 Å². The highest BCUT2D eigenvalue weighted by Crippen LogP contribution is 2.15. The number of hydrogen-bond donors (Lipinski definition) is 0. The molecule has 0 spiro atoms. The summed E-state index contributed by atoms with van der Waals surface area (Å²) in [6.45, 7) is 2.21. The van der Waals surface area contributed by atoms with E-state index in [1.165, 1.54) is 52.7 Å². The normalized spacial score (nSPS) is 11.8. The van der Waals surface area contributed by atoms with Crippen LogP contribution in [0.15, 0.2) is 0 Å². The van der Waals surface area contributed by atoms with Crippen molar-refractivity contribution in [1.29, 1.82) is 0 Å². The summed E-state index contributed by atoms with van der Waals surface area (Å²) >= 11 is 0. The zero-order valence-electron chi connectivity index (χ0n) is 14.9.